The van der Waals surface area contributed by atoms with E-state index in [0.717, 1.165) is 12.8 Å². The summed E-state index contributed by atoms with van der Waals surface area (Å²) in [5, 5.41) is 8.78. The Morgan fingerprint density at radius 2 is 2.18 bits per heavy atom. The van der Waals surface area contributed by atoms with Gasteiger partial charge in [-0.25, -0.2) is 0 Å². The van der Waals surface area contributed by atoms with Crippen molar-refractivity contribution >= 4 is 0 Å². The van der Waals surface area contributed by atoms with Crippen LogP contribution in [0.15, 0.2) is 24.8 Å². The summed E-state index contributed by atoms with van der Waals surface area (Å²) in [6, 6.07) is 0. The molecule has 0 saturated carbocycles. The summed E-state index contributed by atoms with van der Waals surface area (Å²) in [5.41, 5.74) is 0. The summed E-state index contributed by atoms with van der Waals surface area (Å²) < 4.78 is 0. The molecule has 11 heavy (non-hydrogen) atoms. The third-order valence-corrected chi connectivity index (χ3v) is 1.63. The molecule has 0 heterocycles. The van der Waals surface area contributed by atoms with Gasteiger partial charge in [-0.1, -0.05) is 31.6 Å². The van der Waals surface area contributed by atoms with Crippen LogP contribution in [-0.2, 0) is 0 Å². The number of allylic oxidation sites excluding steroid dienone is 2. The highest BCUT2D eigenvalue weighted by molar-refractivity contribution is 4.89. The molecule has 0 spiro atoms. The van der Waals surface area contributed by atoms with Crippen molar-refractivity contribution in [2.75, 3.05) is 6.61 Å². The lowest BCUT2D eigenvalue weighted by Gasteiger charge is -2.02. The van der Waals surface area contributed by atoms with Gasteiger partial charge in [0.2, 0.25) is 0 Å². The third kappa shape index (κ3) is 5.86. The van der Waals surface area contributed by atoms with Gasteiger partial charge in [-0.05, 0) is 12.8 Å². The Labute approximate surface area is 69.4 Å². The Morgan fingerprint density at radius 3 is 2.64 bits per heavy atom. The molecule has 0 bridgehead atoms. The Bertz CT molecular complexity index is 116. The second-order valence-corrected chi connectivity index (χ2v) is 2.67. The molecule has 0 aromatic rings. The van der Waals surface area contributed by atoms with Crippen LogP contribution in [0.1, 0.15) is 26.2 Å². The molecule has 0 aliphatic rings. The van der Waals surface area contributed by atoms with E-state index in [1.165, 1.54) is 6.42 Å². The molecule has 1 heteroatoms. The van der Waals surface area contributed by atoms with Gasteiger partial charge in [0.15, 0.2) is 0 Å². The van der Waals surface area contributed by atoms with Crippen LogP contribution in [0.2, 0.25) is 0 Å². The Morgan fingerprint density at radius 1 is 1.45 bits per heavy atom. The second kappa shape index (κ2) is 7.55. The predicted molar refractivity (Wildman–Crippen MR) is 49.4 cm³/mol. The fraction of sp³-hybridized carbons (Fsp3) is 0.600. The van der Waals surface area contributed by atoms with Crippen molar-refractivity contribution in [2.45, 2.75) is 26.2 Å². The highest BCUT2D eigenvalue weighted by Crippen LogP contribution is 2.04. The lowest BCUT2D eigenvalue weighted by Crippen LogP contribution is -1.99. The maximum Gasteiger partial charge on any atom is 0.0496 e. The van der Waals surface area contributed by atoms with Crippen molar-refractivity contribution in [3.63, 3.8) is 0 Å². The van der Waals surface area contributed by atoms with Crippen LogP contribution in [0, 0.1) is 5.92 Å². The van der Waals surface area contributed by atoms with E-state index in [1.807, 2.05) is 0 Å². The van der Waals surface area contributed by atoms with Gasteiger partial charge < -0.3 is 5.11 Å². The fourth-order valence-corrected chi connectivity index (χ4v) is 0.801. The predicted octanol–water partition coefficient (Wildman–Crippen LogP) is 2.53. The molecule has 1 N–H and O–H groups in total. The number of hydrogen-bond donors (Lipinski definition) is 1. The molecule has 0 radical (unpaired) electrons. The van der Waals surface area contributed by atoms with Gasteiger partial charge in [-0.2, -0.15) is 0 Å². The van der Waals surface area contributed by atoms with Gasteiger partial charge in [0.25, 0.3) is 0 Å². The Kier molecular flexibility index (Phi) is 7.16. The minimum atomic E-state index is 0.208. The Balaban J connectivity index is 3.41. The van der Waals surface area contributed by atoms with E-state index in [0.29, 0.717) is 0 Å². The van der Waals surface area contributed by atoms with E-state index in [2.05, 4.69) is 25.7 Å². The normalized spacial score (nSPS) is 13.6. The zero-order valence-corrected chi connectivity index (χ0v) is 7.29. The maximum absolute atomic E-state index is 8.78. The quantitative estimate of drug-likeness (QED) is 0.583. The summed E-state index contributed by atoms with van der Waals surface area (Å²) in [5.74, 6) is 0.239. The monoisotopic (exact) mass is 154 g/mol. The largest absolute Gasteiger partial charge is 0.396 e. The molecular weight excluding hydrogens is 136 g/mol. The van der Waals surface area contributed by atoms with Crippen molar-refractivity contribution in [2.24, 2.45) is 5.92 Å². The Hall–Kier alpha value is -0.560. The molecule has 0 rings (SSSR count). The van der Waals surface area contributed by atoms with Crippen molar-refractivity contribution < 1.29 is 5.11 Å². The summed E-state index contributed by atoms with van der Waals surface area (Å²) in [6.45, 7) is 6.00. The molecule has 0 aromatic heterocycles. The van der Waals surface area contributed by atoms with Crippen LogP contribution in [0.3, 0.4) is 0 Å². The van der Waals surface area contributed by atoms with Crippen molar-refractivity contribution in [1.82, 2.24) is 0 Å². The summed E-state index contributed by atoms with van der Waals surface area (Å²) >= 11 is 0. The molecule has 1 nitrogen and oxygen atoms in total. The number of aliphatic hydroxyl groups excluding tert-OH is 1. The SMILES string of the molecule is C=C[C@H](CO)C/C=C\CCC. The lowest BCUT2D eigenvalue weighted by molar-refractivity contribution is 0.254. The van der Waals surface area contributed by atoms with Gasteiger partial charge in [0.05, 0.1) is 0 Å². The average molecular weight is 154 g/mol. The topological polar surface area (TPSA) is 20.2 Å². The van der Waals surface area contributed by atoms with E-state index in [1.54, 1.807) is 6.08 Å². The molecule has 0 saturated heterocycles. The average Bonchev–Trinajstić information content (AvgIpc) is 2.05. The first-order valence-electron chi connectivity index (χ1n) is 4.23. The molecule has 0 fully saturated rings. The minimum Gasteiger partial charge on any atom is -0.396 e. The van der Waals surface area contributed by atoms with Crippen LogP contribution in [0.4, 0.5) is 0 Å². The molecule has 0 amide bonds. The number of unbranched alkanes of at least 4 members (excludes halogenated alkanes) is 1. The zero-order chi connectivity index (χ0) is 8.53. The van der Waals surface area contributed by atoms with E-state index < -0.39 is 0 Å². The van der Waals surface area contributed by atoms with E-state index >= 15 is 0 Å². The highest BCUT2D eigenvalue weighted by atomic mass is 16.3. The van der Waals surface area contributed by atoms with Gasteiger partial charge in [-0.15, -0.1) is 6.58 Å². The van der Waals surface area contributed by atoms with Crippen LogP contribution in [-0.4, -0.2) is 11.7 Å². The minimum absolute atomic E-state index is 0.208. The smallest absolute Gasteiger partial charge is 0.0496 e. The van der Waals surface area contributed by atoms with Crippen LogP contribution < -0.4 is 0 Å². The van der Waals surface area contributed by atoms with Crippen molar-refractivity contribution in [1.29, 1.82) is 0 Å². The molecule has 64 valence electrons. The van der Waals surface area contributed by atoms with Gasteiger partial charge in [0, 0.05) is 12.5 Å². The number of rotatable bonds is 6. The van der Waals surface area contributed by atoms with E-state index in [-0.39, 0.29) is 12.5 Å². The van der Waals surface area contributed by atoms with Crippen LogP contribution in [0.5, 0.6) is 0 Å². The van der Waals surface area contributed by atoms with Gasteiger partial charge in [0.1, 0.15) is 0 Å². The summed E-state index contributed by atoms with van der Waals surface area (Å²) in [4.78, 5) is 0. The van der Waals surface area contributed by atoms with Crippen LogP contribution in [0.25, 0.3) is 0 Å². The first kappa shape index (κ1) is 10.4. The zero-order valence-electron chi connectivity index (χ0n) is 7.29. The van der Waals surface area contributed by atoms with Crippen LogP contribution >= 0.6 is 0 Å². The lowest BCUT2D eigenvalue weighted by atomic mass is 10.1. The fourth-order valence-electron chi connectivity index (χ4n) is 0.801. The first-order chi connectivity index (χ1) is 5.35. The molecule has 0 aliphatic carbocycles. The number of aliphatic hydroxyl groups is 1. The first-order valence-corrected chi connectivity index (χ1v) is 4.23. The molecule has 0 aliphatic heterocycles. The van der Waals surface area contributed by atoms with Gasteiger partial charge >= 0.3 is 0 Å². The molecular formula is C10H18O. The third-order valence-electron chi connectivity index (χ3n) is 1.63. The molecule has 0 unspecified atom stereocenters. The van der Waals surface area contributed by atoms with Crippen molar-refractivity contribution in [3.8, 4) is 0 Å². The summed E-state index contributed by atoms with van der Waals surface area (Å²) in [7, 11) is 0. The van der Waals surface area contributed by atoms with E-state index in [4.69, 9.17) is 5.11 Å². The van der Waals surface area contributed by atoms with E-state index in [9.17, 15) is 0 Å². The molecule has 1 atom stereocenters. The standard InChI is InChI=1S/C10H18O/c1-3-5-6-7-8-10(4-2)9-11/h4,6-7,10-11H,2-3,5,8-9H2,1H3/b7-6-/t10-/m0/s1. The van der Waals surface area contributed by atoms with Gasteiger partial charge in [-0.3, -0.25) is 0 Å². The van der Waals surface area contributed by atoms with Crippen molar-refractivity contribution in [3.05, 3.63) is 24.8 Å². The molecule has 0 aromatic carbocycles. The highest BCUT2D eigenvalue weighted by Gasteiger charge is 1.96. The second-order valence-electron chi connectivity index (χ2n) is 2.67. The maximum atomic E-state index is 8.78. The summed E-state index contributed by atoms with van der Waals surface area (Å²) in [6.07, 6.45) is 9.32. The number of hydrogen-bond acceptors (Lipinski definition) is 1.